The Hall–Kier alpha value is -3.39. The molecule has 4 heterocycles. The molecule has 1 amide bonds. The Kier molecular flexibility index (Phi) is 6.15. The van der Waals surface area contributed by atoms with E-state index in [4.69, 9.17) is 9.57 Å². The van der Waals surface area contributed by atoms with Crippen LogP contribution in [0.2, 0.25) is 0 Å². The molecule has 2 saturated heterocycles. The lowest BCUT2D eigenvalue weighted by molar-refractivity contribution is 0.0923. The van der Waals surface area contributed by atoms with Crippen molar-refractivity contribution >= 4 is 17.3 Å². The number of hydroxylamine groups is 1. The fourth-order valence-electron chi connectivity index (χ4n) is 6.91. The van der Waals surface area contributed by atoms with Gasteiger partial charge in [-0.2, -0.15) is 0 Å². The summed E-state index contributed by atoms with van der Waals surface area (Å²) in [5.41, 5.74) is 9.99. The lowest BCUT2D eigenvalue weighted by Gasteiger charge is -2.37. The molecule has 4 aliphatic heterocycles. The van der Waals surface area contributed by atoms with Gasteiger partial charge in [-0.3, -0.25) is 14.9 Å². The summed E-state index contributed by atoms with van der Waals surface area (Å²) >= 11 is 0. The van der Waals surface area contributed by atoms with Gasteiger partial charge in [-0.25, -0.2) is 5.06 Å². The van der Waals surface area contributed by atoms with E-state index in [-0.39, 0.29) is 17.6 Å². The minimum atomic E-state index is 0.0126. The van der Waals surface area contributed by atoms with Gasteiger partial charge in [-0.05, 0) is 124 Å². The van der Waals surface area contributed by atoms with Gasteiger partial charge in [-0.1, -0.05) is 12.1 Å². The van der Waals surface area contributed by atoms with Gasteiger partial charge < -0.3 is 14.5 Å². The smallest absolute Gasteiger partial charge is 0.258 e. The van der Waals surface area contributed by atoms with Gasteiger partial charge in [0.2, 0.25) is 0 Å². The van der Waals surface area contributed by atoms with E-state index in [1.54, 1.807) is 0 Å². The number of likely N-dealkylation sites (tertiary alicyclic amines) is 1. The third-order valence-electron chi connectivity index (χ3n) is 9.40. The van der Waals surface area contributed by atoms with E-state index in [1.165, 1.54) is 11.1 Å². The Morgan fingerprint density at radius 3 is 2.52 bits per heavy atom. The summed E-state index contributed by atoms with van der Waals surface area (Å²) in [5, 5.41) is 5.19. The highest BCUT2D eigenvalue weighted by Crippen LogP contribution is 2.49. The van der Waals surface area contributed by atoms with E-state index in [0.717, 1.165) is 83.9 Å². The first-order chi connectivity index (χ1) is 19.3. The van der Waals surface area contributed by atoms with Crippen LogP contribution in [0, 0.1) is 13.8 Å². The monoisotopic (exact) mass is 538 g/mol. The standard InChI is InChI=1S/C33H38N4O3/c1-21-15-26(5-7-27(21)24-6-8-29(22(2)16-24)37-20-34-23(3)40-37)32(38)36-12-9-25-17-31-28(18-30(25)36)33(19-39-31)10-13-35(4)14-11-33/h5-8,15-18,23,34H,9-14,19-20H2,1-4H3. The molecular weight excluding hydrogens is 500 g/mol. The van der Waals surface area contributed by atoms with Gasteiger partial charge in [0.15, 0.2) is 0 Å². The summed E-state index contributed by atoms with van der Waals surface area (Å²) in [6.45, 7) is 10.5. The van der Waals surface area contributed by atoms with Crippen LogP contribution >= 0.6 is 0 Å². The molecule has 1 N–H and O–H groups in total. The SMILES string of the molecule is Cc1cc(C(=O)N2CCc3cc4c(cc32)C2(CCN(C)CC2)CO4)ccc1-c1ccc(N2CNC(C)O2)c(C)c1. The highest BCUT2D eigenvalue weighted by molar-refractivity contribution is 6.08. The molecule has 4 aliphatic rings. The number of ether oxygens (including phenoxy) is 1. The molecule has 0 saturated carbocycles. The van der Waals surface area contributed by atoms with Crippen LogP contribution in [-0.4, -0.2) is 57.0 Å². The lowest BCUT2D eigenvalue weighted by atomic mass is 9.74. The average Bonchev–Trinajstić information content (AvgIpc) is 3.66. The van der Waals surface area contributed by atoms with Crippen LogP contribution < -0.4 is 20.0 Å². The number of fused-ring (bicyclic) bond motifs is 3. The fraction of sp³-hybridized carbons (Fsp3) is 0.424. The normalized spacial score (nSPS) is 21.6. The zero-order valence-electron chi connectivity index (χ0n) is 23.9. The van der Waals surface area contributed by atoms with E-state index >= 15 is 0 Å². The van der Waals surface area contributed by atoms with Gasteiger partial charge in [-0.15, -0.1) is 0 Å². The number of hydrogen-bond donors (Lipinski definition) is 1. The molecule has 7 heteroatoms. The van der Waals surface area contributed by atoms with Gasteiger partial charge in [0.25, 0.3) is 5.91 Å². The minimum absolute atomic E-state index is 0.0126. The van der Waals surface area contributed by atoms with Crippen LogP contribution in [0.5, 0.6) is 5.75 Å². The largest absolute Gasteiger partial charge is 0.492 e. The zero-order valence-corrected chi connectivity index (χ0v) is 23.9. The molecule has 0 radical (unpaired) electrons. The molecule has 0 aliphatic carbocycles. The van der Waals surface area contributed by atoms with Crippen LogP contribution in [0.25, 0.3) is 11.1 Å². The Balaban J connectivity index is 1.14. The summed E-state index contributed by atoms with van der Waals surface area (Å²) in [5.74, 6) is 1.10. The Bertz CT molecular complexity index is 1490. The number of carbonyl (C=O) groups excluding carboxylic acids is 1. The minimum Gasteiger partial charge on any atom is -0.492 e. The summed E-state index contributed by atoms with van der Waals surface area (Å²) in [7, 11) is 2.19. The number of benzene rings is 3. The van der Waals surface area contributed by atoms with Crippen LogP contribution in [-0.2, 0) is 16.7 Å². The topological polar surface area (TPSA) is 57.3 Å². The van der Waals surface area contributed by atoms with Crippen LogP contribution in [0.1, 0.15) is 52.4 Å². The van der Waals surface area contributed by atoms with Crippen LogP contribution in [0.15, 0.2) is 48.5 Å². The summed E-state index contributed by atoms with van der Waals surface area (Å²) in [6.07, 6.45) is 3.08. The van der Waals surface area contributed by atoms with E-state index in [2.05, 4.69) is 67.5 Å². The third-order valence-corrected chi connectivity index (χ3v) is 9.40. The highest BCUT2D eigenvalue weighted by atomic mass is 16.7. The number of hydrogen-bond acceptors (Lipinski definition) is 6. The second-order valence-corrected chi connectivity index (χ2v) is 12.1. The Morgan fingerprint density at radius 1 is 0.975 bits per heavy atom. The van der Waals surface area contributed by atoms with Crippen molar-refractivity contribution in [2.24, 2.45) is 0 Å². The van der Waals surface area contributed by atoms with Crippen molar-refractivity contribution in [1.82, 2.24) is 10.2 Å². The molecule has 3 aromatic rings. The van der Waals surface area contributed by atoms with Gasteiger partial charge in [0.1, 0.15) is 12.0 Å². The van der Waals surface area contributed by atoms with Crippen molar-refractivity contribution in [3.63, 3.8) is 0 Å². The number of anilines is 2. The van der Waals surface area contributed by atoms with Crippen LogP contribution in [0.3, 0.4) is 0 Å². The maximum absolute atomic E-state index is 13.9. The first-order valence-electron chi connectivity index (χ1n) is 14.5. The molecule has 40 heavy (non-hydrogen) atoms. The Morgan fingerprint density at radius 2 is 1.80 bits per heavy atom. The number of rotatable bonds is 3. The van der Waals surface area contributed by atoms with Crippen molar-refractivity contribution < 1.29 is 14.4 Å². The number of piperidine rings is 1. The predicted octanol–water partition coefficient (Wildman–Crippen LogP) is 5.17. The molecule has 1 unspecified atom stereocenters. The molecule has 208 valence electrons. The second-order valence-electron chi connectivity index (χ2n) is 12.1. The summed E-state index contributed by atoms with van der Waals surface area (Å²) in [4.78, 5) is 24.1. The molecule has 1 spiro atoms. The number of carbonyl (C=O) groups is 1. The van der Waals surface area contributed by atoms with E-state index in [0.29, 0.717) is 13.2 Å². The zero-order chi connectivity index (χ0) is 27.6. The summed E-state index contributed by atoms with van der Waals surface area (Å²) < 4.78 is 6.22. The van der Waals surface area contributed by atoms with E-state index in [1.807, 2.05) is 29.0 Å². The molecule has 0 aromatic heterocycles. The average molecular weight is 539 g/mol. The number of amides is 1. The van der Waals surface area contributed by atoms with Crippen molar-refractivity contribution in [1.29, 1.82) is 0 Å². The second kappa shape index (κ2) is 9.61. The first-order valence-corrected chi connectivity index (χ1v) is 14.5. The summed E-state index contributed by atoms with van der Waals surface area (Å²) in [6, 6.07) is 17.0. The third kappa shape index (κ3) is 4.19. The van der Waals surface area contributed by atoms with Gasteiger partial charge in [0, 0.05) is 28.8 Å². The molecular formula is C33H38N4O3. The number of aryl methyl sites for hydroxylation is 2. The van der Waals surface area contributed by atoms with E-state index in [9.17, 15) is 4.79 Å². The molecule has 2 fully saturated rings. The molecule has 0 bridgehead atoms. The van der Waals surface area contributed by atoms with Gasteiger partial charge in [0.05, 0.1) is 19.0 Å². The maximum atomic E-state index is 13.9. The van der Waals surface area contributed by atoms with Gasteiger partial charge >= 0.3 is 0 Å². The van der Waals surface area contributed by atoms with Crippen molar-refractivity contribution in [3.05, 3.63) is 76.3 Å². The van der Waals surface area contributed by atoms with Crippen molar-refractivity contribution in [3.8, 4) is 16.9 Å². The predicted molar refractivity (Wildman–Crippen MR) is 158 cm³/mol. The quantitative estimate of drug-likeness (QED) is 0.496. The maximum Gasteiger partial charge on any atom is 0.258 e. The molecule has 7 nitrogen and oxygen atoms in total. The van der Waals surface area contributed by atoms with Crippen molar-refractivity contribution in [2.45, 2.75) is 51.7 Å². The molecule has 3 aromatic carbocycles. The Labute approximate surface area is 236 Å². The lowest BCUT2D eigenvalue weighted by Crippen LogP contribution is -2.42. The number of nitrogens with zero attached hydrogens (tertiary/aromatic N) is 3. The first kappa shape index (κ1) is 25.6. The van der Waals surface area contributed by atoms with Crippen molar-refractivity contribution in [2.75, 3.05) is 49.9 Å². The molecule has 7 rings (SSSR count). The number of nitrogens with one attached hydrogen (secondary N) is 1. The highest BCUT2D eigenvalue weighted by Gasteiger charge is 2.44. The van der Waals surface area contributed by atoms with E-state index < -0.39 is 0 Å². The molecule has 1 atom stereocenters. The fourth-order valence-corrected chi connectivity index (χ4v) is 6.91. The van der Waals surface area contributed by atoms with Crippen LogP contribution in [0.4, 0.5) is 11.4 Å².